The Balaban J connectivity index is 2.99. The number of carboxylic acid groups (broad SMARTS) is 1. The third kappa shape index (κ3) is 4.41. The maximum Gasteiger partial charge on any atom is 0.326 e. The molecule has 1 aromatic rings. The number of nitro groups is 1. The summed E-state index contributed by atoms with van der Waals surface area (Å²) in [5, 5.41) is 22.4. The van der Waals surface area contributed by atoms with Crippen molar-refractivity contribution < 1.29 is 19.6 Å². The number of carbonyl (C=O) groups is 2. The van der Waals surface area contributed by atoms with E-state index >= 15 is 0 Å². The molecule has 22 heavy (non-hydrogen) atoms. The number of carbonyl (C=O) groups excluding carboxylic acids is 1. The van der Waals surface area contributed by atoms with Crippen LogP contribution < -0.4 is 5.32 Å². The van der Waals surface area contributed by atoms with Gasteiger partial charge < -0.3 is 10.4 Å². The highest BCUT2D eigenvalue weighted by atomic mass is 16.6. The molecule has 7 nitrogen and oxygen atoms in total. The average molecular weight is 306 g/mol. The molecule has 0 aromatic heterocycles. The largest absolute Gasteiger partial charge is 0.480 e. The second-order valence-electron chi connectivity index (χ2n) is 4.62. The molecule has 0 heterocycles. The number of allylic oxidation sites excluding steroid dienone is 1. The van der Waals surface area contributed by atoms with Gasteiger partial charge in [0.1, 0.15) is 6.04 Å². The van der Waals surface area contributed by atoms with Crippen LogP contribution in [-0.4, -0.2) is 27.9 Å². The van der Waals surface area contributed by atoms with Crippen LogP contribution in [0.3, 0.4) is 0 Å². The van der Waals surface area contributed by atoms with Gasteiger partial charge in [-0.15, -0.1) is 0 Å². The summed E-state index contributed by atoms with van der Waals surface area (Å²) in [6.45, 7) is 3.52. The molecular formula is C15H18N2O5. The van der Waals surface area contributed by atoms with Gasteiger partial charge in [-0.05, 0) is 25.8 Å². The topological polar surface area (TPSA) is 110 Å². The van der Waals surface area contributed by atoms with Crippen LogP contribution in [0, 0.1) is 10.1 Å². The van der Waals surface area contributed by atoms with Gasteiger partial charge in [0.05, 0.1) is 4.92 Å². The number of nitrogens with one attached hydrogen (secondary N) is 1. The maximum atomic E-state index is 12.1. The number of aryl methyl sites for hydroxylation is 1. The van der Waals surface area contributed by atoms with Crippen molar-refractivity contribution in [3.05, 3.63) is 51.6 Å². The predicted molar refractivity (Wildman–Crippen MR) is 80.8 cm³/mol. The van der Waals surface area contributed by atoms with Gasteiger partial charge in [-0.3, -0.25) is 14.9 Å². The van der Waals surface area contributed by atoms with Crippen LogP contribution >= 0.6 is 0 Å². The predicted octanol–water partition coefficient (Wildman–Crippen LogP) is 2.31. The van der Waals surface area contributed by atoms with E-state index in [2.05, 4.69) is 5.32 Å². The van der Waals surface area contributed by atoms with Gasteiger partial charge in [-0.2, -0.15) is 0 Å². The van der Waals surface area contributed by atoms with Crippen LogP contribution in [0.1, 0.15) is 36.2 Å². The van der Waals surface area contributed by atoms with E-state index in [1.807, 2.05) is 0 Å². The second-order valence-corrected chi connectivity index (χ2v) is 4.62. The van der Waals surface area contributed by atoms with Crippen LogP contribution in [-0.2, 0) is 11.2 Å². The van der Waals surface area contributed by atoms with E-state index in [9.17, 15) is 19.7 Å². The molecule has 7 heteroatoms. The summed E-state index contributed by atoms with van der Waals surface area (Å²) in [4.78, 5) is 33.6. The second kappa shape index (κ2) is 7.92. The van der Waals surface area contributed by atoms with Gasteiger partial charge in [0, 0.05) is 17.2 Å². The molecule has 1 rings (SSSR count). The highest BCUT2D eigenvalue weighted by Gasteiger charge is 2.21. The SMILES string of the molecule is C/C=C/CC(NC(=O)c1ccc(CC)c([N+](=O)[O-])c1)C(=O)O. The Bertz CT molecular complexity index is 610. The zero-order chi connectivity index (χ0) is 16.7. The first-order valence-corrected chi connectivity index (χ1v) is 6.82. The summed E-state index contributed by atoms with van der Waals surface area (Å²) in [7, 11) is 0. The van der Waals surface area contributed by atoms with E-state index in [1.165, 1.54) is 18.2 Å². The Labute approximate surface area is 127 Å². The minimum atomic E-state index is -1.16. The molecule has 0 aliphatic rings. The average Bonchev–Trinajstić information content (AvgIpc) is 2.50. The minimum Gasteiger partial charge on any atom is -0.480 e. The molecule has 0 bridgehead atoms. The monoisotopic (exact) mass is 306 g/mol. The third-order valence-electron chi connectivity index (χ3n) is 3.14. The van der Waals surface area contributed by atoms with Gasteiger partial charge in [0.25, 0.3) is 11.6 Å². The molecular weight excluding hydrogens is 288 g/mol. The normalized spacial score (nSPS) is 12.1. The van der Waals surface area contributed by atoms with Crippen molar-refractivity contribution >= 4 is 17.6 Å². The Morgan fingerprint density at radius 3 is 2.64 bits per heavy atom. The van der Waals surface area contributed by atoms with Crippen molar-refractivity contribution in [3.8, 4) is 0 Å². The molecule has 0 radical (unpaired) electrons. The summed E-state index contributed by atoms with van der Waals surface area (Å²) in [5.74, 6) is -1.81. The van der Waals surface area contributed by atoms with Crippen LogP contribution in [0.25, 0.3) is 0 Å². The summed E-state index contributed by atoms with van der Waals surface area (Å²) in [5.41, 5.74) is 0.441. The number of rotatable bonds is 7. The lowest BCUT2D eigenvalue weighted by Crippen LogP contribution is -2.40. The first-order valence-electron chi connectivity index (χ1n) is 6.82. The molecule has 1 aromatic carbocycles. The number of amides is 1. The van der Waals surface area contributed by atoms with E-state index in [0.717, 1.165) is 0 Å². The summed E-state index contributed by atoms with van der Waals surface area (Å²) >= 11 is 0. The van der Waals surface area contributed by atoms with Gasteiger partial charge >= 0.3 is 5.97 Å². The molecule has 2 N–H and O–H groups in total. The van der Waals surface area contributed by atoms with Crippen LogP contribution in [0.5, 0.6) is 0 Å². The molecule has 118 valence electrons. The van der Waals surface area contributed by atoms with Crippen molar-refractivity contribution in [2.45, 2.75) is 32.7 Å². The van der Waals surface area contributed by atoms with Crippen molar-refractivity contribution in [1.82, 2.24) is 5.32 Å². The number of hydrogen-bond donors (Lipinski definition) is 2. The number of carboxylic acids is 1. The van der Waals surface area contributed by atoms with E-state index in [-0.39, 0.29) is 17.7 Å². The Morgan fingerprint density at radius 2 is 2.14 bits per heavy atom. The standard InChI is InChI=1S/C15H18N2O5/c1-3-5-6-12(15(19)20)16-14(18)11-8-7-10(4-2)13(9-11)17(21)22/h3,5,7-9,12H,4,6H2,1-2H3,(H,16,18)(H,19,20)/b5-3+. The molecule has 0 fully saturated rings. The summed E-state index contributed by atoms with van der Waals surface area (Å²) < 4.78 is 0. The van der Waals surface area contributed by atoms with E-state index in [4.69, 9.17) is 5.11 Å². The minimum absolute atomic E-state index is 0.0654. The van der Waals surface area contributed by atoms with Crippen LogP contribution in [0.15, 0.2) is 30.4 Å². The highest BCUT2D eigenvalue weighted by molar-refractivity contribution is 5.97. The van der Waals surface area contributed by atoms with Gasteiger partial charge in [0.15, 0.2) is 0 Å². The van der Waals surface area contributed by atoms with E-state index in [1.54, 1.807) is 26.0 Å². The fourth-order valence-corrected chi connectivity index (χ4v) is 1.91. The quantitative estimate of drug-likeness (QED) is 0.456. The summed E-state index contributed by atoms with van der Waals surface area (Å²) in [6.07, 6.45) is 3.93. The Hall–Kier alpha value is -2.70. The van der Waals surface area contributed by atoms with Crippen molar-refractivity contribution in [2.75, 3.05) is 0 Å². The number of benzene rings is 1. The van der Waals surface area contributed by atoms with E-state index < -0.39 is 22.8 Å². The number of nitro benzene ring substituents is 1. The molecule has 1 atom stereocenters. The Kier molecular flexibility index (Phi) is 6.25. The number of hydrogen-bond acceptors (Lipinski definition) is 4. The zero-order valence-electron chi connectivity index (χ0n) is 12.4. The van der Waals surface area contributed by atoms with Crippen LogP contribution in [0.4, 0.5) is 5.69 Å². The third-order valence-corrected chi connectivity index (χ3v) is 3.14. The van der Waals surface area contributed by atoms with Crippen molar-refractivity contribution in [1.29, 1.82) is 0 Å². The number of nitrogens with zero attached hydrogens (tertiary/aromatic N) is 1. The lowest BCUT2D eigenvalue weighted by molar-refractivity contribution is -0.385. The van der Waals surface area contributed by atoms with Gasteiger partial charge in [-0.1, -0.05) is 25.1 Å². The molecule has 1 amide bonds. The van der Waals surface area contributed by atoms with Gasteiger partial charge in [-0.25, -0.2) is 4.79 Å². The smallest absolute Gasteiger partial charge is 0.326 e. The highest BCUT2D eigenvalue weighted by Crippen LogP contribution is 2.21. The molecule has 0 aliphatic carbocycles. The first-order chi connectivity index (χ1) is 10.4. The van der Waals surface area contributed by atoms with Crippen molar-refractivity contribution in [2.24, 2.45) is 0 Å². The zero-order valence-corrected chi connectivity index (χ0v) is 12.4. The molecule has 1 unspecified atom stereocenters. The number of aliphatic carboxylic acids is 1. The molecule has 0 saturated heterocycles. The van der Waals surface area contributed by atoms with E-state index in [0.29, 0.717) is 12.0 Å². The van der Waals surface area contributed by atoms with Crippen molar-refractivity contribution in [3.63, 3.8) is 0 Å². The fourth-order valence-electron chi connectivity index (χ4n) is 1.91. The maximum absolute atomic E-state index is 12.1. The first kappa shape index (κ1) is 17.4. The molecule has 0 saturated carbocycles. The lowest BCUT2D eigenvalue weighted by atomic mass is 10.1. The Morgan fingerprint density at radius 1 is 1.45 bits per heavy atom. The van der Waals surface area contributed by atoms with Gasteiger partial charge in [0.2, 0.25) is 0 Å². The fraction of sp³-hybridized carbons (Fsp3) is 0.333. The van der Waals surface area contributed by atoms with Crippen LogP contribution in [0.2, 0.25) is 0 Å². The lowest BCUT2D eigenvalue weighted by Gasteiger charge is -2.13. The molecule has 0 aliphatic heterocycles. The molecule has 0 spiro atoms. The summed E-state index contributed by atoms with van der Waals surface area (Å²) in [6, 6.07) is 3.06.